The number of ether oxygens (including phenoxy) is 1. The molecular formula is C10H12ClNO3. The van der Waals surface area contributed by atoms with Crippen LogP contribution in [0.4, 0.5) is 5.69 Å². The second-order valence-corrected chi connectivity index (χ2v) is 3.33. The van der Waals surface area contributed by atoms with Crippen molar-refractivity contribution in [2.75, 3.05) is 25.6 Å². The monoisotopic (exact) mass is 229 g/mol. The van der Waals surface area contributed by atoms with Gasteiger partial charge in [0.2, 0.25) is 0 Å². The lowest BCUT2D eigenvalue weighted by atomic mass is 10.2. The molecule has 0 saturated carbocycles. The van der Waals surface area contributed by atoms with Crippen LogP contribution >= 0.6 is 11.6 Å². The quantitative estimate of drug-likeness (QED) is 0.760. The van der Waals surface area contributed by atoms with Gasteiger partial charge in [0.25, 0.3) is 0 Å². The van der Waals surface area contributed by atoms with E-state index in [1.165, 1.54) is 12.1 Å². The van der Waals surface area contributed by atoms with E-state index in [4.69, 9.17) is 21.4 Å². The molecule has 0 aliphatic carbocycles. The van der Waals surface area contributed by atoms with Gasteiger partial charge in [-0.05, 0) is 18.2 Å². The van der Waals surface area contributed by atoms with E-state index in [1.807, 2.05) is 0 Å². The van der Waals surface area contributed by atoms with Gasteiger partial charge in [0.1, 0.15) is 0 Å². The largest absolute Gasteiger partial charge is 0.478 e. The van der Waals surface area contributed by atoms with Gasteiger partial charge >= 0.3 is 5.97 Å². The Balaban J connectivity index is 2.70. The SMILES string of the molecule is COCCNc1ccc(C(=O)O)cc1Cl. The Morgan fingerprint density at radius 1 is 1.60 bits per heavy atom. The second-order valence-electron chi connectivity index (χ2n) is 2.92. The highest BCUT2D eigenvalue weighted by molar-refractivity contribution is 6.33. The summed E-state index contributed by atoms with van der Waals surface area (Å²) in [6, 6.07) is 4.56. The van der Waals surface area contributed by atoms with Crippen LogP contribution < -0.4 is 5.32 Å². The van der Waals surface area contributed by atoms with E-state index in [0.29, 0.717) is 23.9 Å². The lowest BCUT2D eigenvalue weighted by molar-refractivity contribution is 0.0697. The Labute approximate surface area is 92.8 Å². The minimum atomic E-state index is -0.986. The second kappa shape index (κ2) is 5.58. The van der Waals surface area contributed by atoms with Gasteiger partial charge in [-0.2, -0.15) is 0 Å². The number of carbonyl (C=O) groups is 1. The van der Waals surface area contributed by atoms with E-state index in [0.717, 1.165) is 0 Å². The smallest absolute Gasteiger partial charge is 0.335 e. The van der Waals surface area contributed by atoms with Crippen molar-refractivity contribution in [3.8, 4) is 0 Å². The molecule has 5 heteroatoms. The van der Waals surface area contributed by atoms with Gasteiger partial charge in [0.15, 0.2) is 0 Å². The maximum atomic E-state index is 10.6. The minimum Gasteiger partial charge on any atom is -0.478 e. The fourth-order valence-electron chi connectivity index (χ4n) is 1.08. The summed E-state index contributed by atoms with van der Waals surface area (Å²) in [6.07, 6.45) is 0. The minimum absolute atomic E-state index is 0.178. The van der Waals surface area contributed by atoms with Crippen LogP contribution in [-0.2, 0) is 4.74 Å². The van der Waals surface area contributed by atoms with Crippen LogP contribution in [0.2, 0.25) is 5.02 Å². The van der Waals surface area contributed by atoms with Crippen molar-refractivity contribution in [1.29, 1.82) is 0 Å². The molecule has 82 valence electrons. The number of benzene rings is 1. The van der Waals surface area contributed by atoms with Crippen molar-refractivity contribution in [1.82, 2.24) is 0 Å². The number of hydrogen-bond acceptors (Lipinski definition) is 3. The maximum absolute atomic E-state index is 10.6. The summed E-state index contributed by atoms with van der Waals surface area (Å²) in [6.45, 7) is 1.19. The molecule has 0 spiro atoms. The highest BCUT2D eigenvalue weighted by atomic mass is 35.5. The molecule has 0 unspecified atom stereocenters. The van der Waals surface area contributed by atoms with E-state index < -0.39 is 5.97 Å². The van der Waals surface area contributed by atoms with Gasteiger partial charge < -0.3 is 15.2 Å². The van der Waals surface area contributed by atoms with Gasteiger partial charge in [0, 0.05) is 13.7 Å². The molecule has 0 atom stereocenters. The molecule has 4 nitrogen and oxygen atoms in total. The number of methoxy groups -OCH3 is 1. The molecule has 15 heavy (non-hydrogen) atoms. The molecule has 1 rings (SSSR count). The number of nitrogens with one attached hydrogen (secondary N) is 1. The lowest BCUT2D eigenvalue weighted by Gasteiger charge is -2.08. The van der Waals surface area contributed by atoms with E-state index >= 15 is 0 Å². The fraction of sp³-hybridized carbons (Fsp3) is 0.300. The predicted octanol–water partition coefficient (Wildman–Crippen LogP) is 2.10. The van der Waals surface area contributed by atoms with Crippen LogP contribution in [0.5, 0.6) is 0 Å². The van der Waals surface area contributed by atoms with Gasteiger partial charge in [-0.25, -0.2) is 4.79 Å². The number of hydrogen-bond donors (Lipinski definition) is 2. The molecule has 2 N–H and O–H groups in total. The molecule has 0 aliphatic rings. The molecule has 0 fully saturated rings. The van der Waals surface area contributed by atoms with Crippen LogP contribution in [0, 0.1) is 0 Å². The zero-order valence-corrected chi connectivity index (χ0v) is 9.04. The molecule has 1 aromatic carbocycles. The molecule has 0 amide bonds. The van der Waals surface area contributed by atoms with Crippen LogP contribution in [0.1, 0.15) is 10.4 Å². The summed E-state index contributed by atoms with van der Waals surface area (Å²) in [5, 5.41) is 12.1. The highest BCUT2D eigenvalue weighted by Crippen LogP contribution is 2.22. The van der Waals surface area contributed by atoms with E-state index in [9.17, 15) is 4.79 Å². The lowest BCUT2D eigenvalue weighted by Crippen LogP contribution is -2.08. The number of rotatable bonds is 5. The third-order valence-corrected chi connectivity index (χ3v) is 2.15. The van der Waals surface area contributed by atoms with E-state index in [-0.39, 0.29) is 5.56 Å². The molecule has 0 bridgehead atoms. The van der Waals surface area contributed by atoms with Crippen molar-refractivity contribution in [2.45, 2.75) is 0 Å². The summed E-state index contributed by atoms with van der Waals surface area (Å²) in [7, 11) is 1.61. The first kappa shape index (κ1) is 11.8. The number of aromatic carboxylic acids is 1. The Kier molecular flexibility index (Phi) is 4.39. The molecule has 0 radical (unpaired) electrons. The number of anilines is 1. The maximum Gasteiger partial charge on any atom is 0.335 e. The van der Waals surface area contributed by atoms with Crippen molar-refractivity contribution < 1.29 is 14.6 Å². The average Bonchev–Trinajstić information content (AvgIpc) is 2.20. The fourth-order valence-corrected chi connectivity index (χ4v) is 1.33. The van der Waals surface area contributed by atoms with Crippen LogP contribution in [0.15, 0.2) is 18.2 Å². The Bertz CT molecular complexity index is 355. The van der Waals surface area contributed by atoms with Gasteiger partial charge in [-0.15, -0.1) is 0 Å². The van der Waals surface area contributed by atoms with E-state index in [1.54, 1.807) is 13.2 Å². The molecular weight excluding hydrogens is 218 g/mol. The van der Waals surface area contributed by atoms with Crippen LogP contribution in [0.3, 0.4) is 0 Å². The normalized spacial score (nSPS) is 10.0. The van der Waals surface area contributed by atoms with Crippen molar-refractivity contribution >= 4 is 23.3 Å². The van der Waals surface area contributed by atoms with Crippen molar-refractivity contribution in [3.05, 3.63) is 28.8 Å². The standard InChI is InChI=1S/C10H12ClNO3/c1-15-5-4-12-9-3-2-7(10(13)14)6-8(9)11/h2-3,6,12H,4-5H2,1H3,(H,13,14). The third kappa shape index (κ3) is 3.42. The summed E-state index contributed by atoms with van der Waals surface area (Å²) in [5.41, 5.74) is 0.885. The Hall–Kier alpha value is -1.26. The van der Waals surface area contributed by atoms with E-state index in [2.05, 4.69) is 5.32 Å². The number of carboxylic acid groups (broad SMARTS) is 1. The topological polar surface area (TPSA) is 58.6 Å². The van der Waals surface area contributed by atoms with Gasteiger partial charge in [-0.3, -0.25) is 0 Å². The van der Waals surface area contributed by atoms with Crippen LogP contribution in [0.25, 0.3) is 0 Å². The summed E-state index contributed by atoms with van der Waals surface area (Å²) in [4.78, 5) is 10.6. The van der Waals surface area contributed by atoms with Crippen molar-refractivity contribution in [3.63, 3.8) is 0 Å². The van der Waals surface area contributed by atoms with Crippen LogP contribution in [-0.4, -0.2) is 31.3 Å². The zero-order chi connectivity index (χ0) is 11.3. The molecule has 0 aromatic heterocycles. The molecule has 1 aromatic rings. The molecule has 0 aliphatic heterocycles. The molecule has 0 heterocycles. The third-order valence-electron chi connectivity index (χ3n) is 1.84. The van der Waals surface area contributed by atoms with Gasteiger partial charge in [0.05, 0.1) is 22.9 Å². The first-order valence-electron chi connectivity index (χ1n) is 4.41. The number of carboxylic acids is 1. The predicted molar refractivity (Wildman–Crippen MR) is 58.8 cm³/mol. The Morgan fingerprint density at radius 3 is 2.87 bits per heavy atom. The summed E-state index contributed by atoms with van der Waals surface area (Å²) in [5.74, 6) is -0.986. The average molecular weight is 230 g/mol. The summed E-state index contributed by atoms with van der Waals surface area (Å²) >= 11 is 5.89. The van der Waals surface area contributed by atoms with Gasteiger partial charge in [-0.1, -0.05) is 11.6 Å². The highest BCUT2D eigenvalue weighted by Gasteiger charge is 2.06. The number of halogens is 1. The first-order chi connectivity index (χ1) is 7.15. The zero-order valence-electron chi connectivity index (χ0n) is 8.29. The summed E-state index contributed by atoms with van der Waals surface area (Å²) < 4.78 is 4.87. The Morgan fingerprint density at radius 2 is 2.33 bits per heavy atom. The molecule has 0 saturated heterocycles. The van der Waals surface area contributed by atoms with Crippen molar-refractivity contribution in [2.24, 2.45) is 0 Å². The first-order valence-corrected chi connectivity index (χ1v) is 4.78.